The highest BCUT2D eigenvalue weighted by Crippen LogP contribution is 2.44. The lowest BCUT2D eigenvalue weighted by atomic mass is 9.77. The second kappa shape index (κ2) is 11.5. The number of aromatic nitrogens is 2. The molecular weight excluding hydrogens is 537 g/mol. The summed E-state index contributed by atoms with van der Waals surface area (Å²) in [5, 5.41) is 11.3. The van der Waals surface area contributed by atoms with Crippen molar-refractivity contribution in [3.63, 3.8) is 0 Å². The van der Waals surface area contributed by atoms with Gasteiger partial charge in [0.05, 0.1) is 12.5 Å². The lowest BCUT2D eigenvalue weighted by molar-refractivity contribution is -0.130. The Balaban J connectivity index is 1.59. The molecule has 11 heteroatoms. The minimum Gasteiger partial charge on any atom is -0.463 e. The van der Waals surface area contributed by atoms with Gasteiger partial charge in [-0.3, -0.25) is 9.59 Å². The fourth-order valence-corrected chi connectivity index (χ4v) is 5.88. The van der Waals surface area contributed by atoms with Crippen molar-refractivity contribution < 1.29 is 23.8 Å². The second-order valence-electron chi connectivity index (χ2n) is 10.5. The third-order valence-corrected chi connectivity index (χ3v) is 8.00. The molecule has 0 spiro atoms. The molecule has 9 nitrogen and oxygen atoms in total. The summed E-state index contributed by atoms with van der Waals surface area (Å²) in [6.07, 6.45) is 0.325. The summed E-state index contributed by atoms with van der Waals surface area (Å²) in [4.78, 5) is 38.2. The fourth-order valence-electron chi connectivity index (χ4n) is 5.56. The largest absolute Gasteiger partial charge is 0.463 e. The van der Waals surface area contributed by atoms with E-state index in [0.717, 1.165) is 11.1 Å². The molecule has 1 aliphatic carbocycles. The van der Waals surface area contributed by atoms with Gasteiger partial charge in [0.25, 0.3) is 0 Å². The average Bonchev–Trinajstić information content (AvgIpc) is 2.93. The quantitative estimate of drug-likeness (QED) is 0.486. The first-order chi connectivity index (χ1) is 19.1. The van der Waals surface area contributed by atoms with Crippen LogP contribution in [0.3, 0.4) is 0 Å². The van der Waals surface area contributed by atoms with Crippen LogP contribution >= 0.6 is 11.6 Å². The summed E-state index contributed by atoms with van der Waals surface area (Å²) in [6.45, 7) is 3.55. The Morgan fingerprint density at radius 2 is 1.90 bits per heavy atom. The number of benzene rings is 2. The zero-order valence-electron chi connectivity index (χ0n) is 22.9. The van der Waals surface area contributed by atoms with Crippen LogP contribution in [-0.2, 0) is 16.0 Å². The number of piperazine rings is 1. The molecule has 2 aromatic carbocycles. The molecule has 3 aromatic rings. The van der Waals surface area contributed by atoms with Gasteiger partial charge in [-0.05, 0) is 30.0 Å². The van der Waals surface area contributed by atoms with E-state index in [9.17, 15) is 14.7 Å². The van der Waals surface area contributed by atoms with E-state index < -0.39 is 17.8 Å². The van der Waals surface area contributed by atoms with Crippen molar-refractivity contribution >= 4 is 40.1 Å². The molecule has 2 heterocycles. The number of nitrogens with zero attached hydrogens (tertiary/aromatic N) is 5. The zero-order valence-corrected chi connectivity index (χ0v) is 23.6. The predicted octanol–water partition coefficient (Wildman–Crippen LogP) is 3.39. The van der Waals surface area contributed by atoms with Gasteiger partial charge in [-0.1, -0.05) is 35.9 Å². The lowest BCUT2D eigenvalue weighted by Gasteiger charge is -2.35. The molecule has 1 unspecified atom stereocenters. The minimum atomic E-state index is -0.627. The number of carbonyl (C=O) groups is 2. The molecule has 2 aliphatic rings. The normalized spacial score (nSPS) is 18.9. The highest BCUT2D eigenvalue weighted by Gasteiger charge is 2.33. The molecule has 1 N–H and O–H groups in total. The summed E-state index contributed by atoms with van der Waals surface area (Å²) >= 11 is 6.80. The van der Waals surface area contributed by atoms with E-state index >= 15 is 4.39 Å². The molecule has 1 aliphatic heterocycles. The van der Waals surface area contributed by atoms with E-state index in [0.29, 0.717) is 50.2 Å². The van der Waals surface area contributed by atoms with Gasteiger partial charge in [-0.25, -0.2) is 4.39 Å². The van der Waals surface area contributed by atoms with Crippen molar-refractivity contribution in [1.29, 1.82) is 0 Å². The van der Waals surface area contributed by atoms with Crippen LogP contribution in [0.25, 0.3) is 10.9 Å². The maximum Gasteiger partial charge on any atom is 0.319 e. The number of anilines is 1. The first kappa shape index (κ1) is 28.0. The van der Waals surface area contributed by atoms with Gasteiger partial charge in [-0.2, -0.15) is 9.97 Å². The standard InChI is InChI=1S/C29H33ClFN5O4/c1-17(37)35-9-11-36(12-10-35)28-22-16-23(30)25(21-15-19(38)14-18-6-4-5-7-20(18)21)26(31)27(22)32-29(33-28)40-13-8-24(39)34(2)3/h4-7,16,19,21,38H,8-15H2,1-3H3/t19?,21-/m0/s1. The predicted molar refractivity (Wildman–Crippen MR) is 150 cm³/mol. The van der Waals surface area contributed by atoms with Crippen LogP contribution in [0.4, 0.5) is 10.2 Å². The Bertz CT molecular complexity index is 1440. The molecule has 1 fully saturated rings. The number of carbonyl (C=O) groups excluding carboxylic acids is 2. The van der Waals surface area contributed by atoms with E-state index in [4.69, 9.17) is 16.3 Å². The van der Waals surface area contributed by atoms with E-state index in [1.165, 1.54) is 11.8 Å². The summed E-state index contributed by atoms with van der Waals surface area (Å²) in [7, 11) is 3.32. The van der Waals surface area contributed by atoms with E-state index in [1.54, 1.807) is 25.1 Å². The molecule has 212 valence electrons. The molecule has 1 aromatic heterocycles. The monoisotopic (exact) mass is 569 g/mol. The number of halogens is 2. The van der Waals surface area contributed by atoms with Gasteiger partial charge in [0.2, 0.25) is 11.8 Å². The number of aliphatic hydroxyl groups excluding tert-OH is 1. The van der Waals surface area contributed by atoms with Crippen molar-refractivity contribution in [2.75, 3.05) is 51.8 Å². The Morgan fingerprint density at radius 3 is 2.60 bits per heavy atom. The van der Waals surface area contributed by atoms with Crippen LogP contribution in [0, 0.1) is 5.82 Å². The molecule has 40 heavy (non-hydrogen) atoms. The molecule has 0 bridgehead atoms. The summed E-state index contributed by atoms with van der Waals surface area (Å²) in [5.74, 6) is -0.696. The Labute approximate surface area is 237 Å². The summed E-state index contributed by atoms with van der Waals surface area (Å²) in [5.41, 5.74) is 2.23. The van der Waals surface area contributed by atoms with Gasteiger partial charge in [0, 0.05) is 69.1 Å². The molecule has 0 radical (unpaired) electrons. The molecule has 2 atom stereocenters. The number of hydrogen-bond acceptors (Lipinski definition) is 7. The maximum absolute atomic E-state index is 16.5. The highest BCUT2D eigenvalue weighted by atomic mass is 35.5. The first-order valence-electron chi connectivity index (χ1n) is 13.4. The summed E-state index contributed by atoms with van der Waals surface area (Å²) in [6, 6.07) is 9.34. The van der Waals surface area contributed by atoms with Crippen LogP contribution in [-0.4, -0.2) is 89.7 Å². The van der Waals surface area contributed by atoms with Crippen molar-refractivity contribution in [2.45, 2.75) is 38.2 Å². The highest BCUT2D eigenvalue weighted by molar-refractivity contribution is 6.32. The summed E-state index contributed by atoms with van der Waals surface area (Å²) < 4.78 is 22.3. The Hall–Kier alpha value is -3.50. The Kier molecular flexibility index (Phi) is 8.09. The molecule has 2 amide bonds. The van der Waals surface area contributed by atoms with Crippen LogP contribution < -0.4 is 9.64 Å². The van der Waals surface area contributed by atoms with Gasteiger partial charge in [-0.15, -0.1) is 0 Å². The van der Waals surface area contributed by atoms with Gasteiger partial charge >= 0.3 is 6.01 Å². The number of ether oxygens (including phenoxy) is 1. The molecule has 0 saturated carbocycles. The van der Waals surface area contributed by atoms with Crippen LogP contribution in [0.2, 0.25) is 5.02 Å². The minimum absolute atomic E-state index is 0.00420. The van der Waals surface area contributed by atoms with Gasteiger partial charge < -0.3 is 24.5 Å². The third kappa shape index (κ3) is 5.55. The van der Waals surface area contributed by atoms with E-state index in [-0.39, 0.29) is 47.0 Å². The maximum atomic E-state index is 16.5. The van der Waals surface area contributed by atoms with Crippen molar-refractivity contribution in [3.05, 3.63) is 57.9 Å². The van der Waals surface area contributed by atoms with Crippen molar-refractivity contribution in [1.82, 2.24) is 19.8 Å². The van der Waals surface area contributed by atoms with Crippen LogP contribution in [0.1, 0.15) is 42.4 Å². The topological polar surface area (TPSA) is 99.1 Å². The average molecular weight is 570 g/mol. The lowest BCUT2D eigenvalue weighted by Crippen LogP contribution is -2.48. The van der Waals surface area contributed by atoms with Crippen molar-refractivity contribution in [3.8, 4) is 6.01 Å². The number of fused-ring (bicyclic) bond motifs is 2. The molecular formula is C29H33ClFN5O4. The Morgan fingerprint density at radius 1 is 1.18 bits per heavy atom. The van der Waals surface area contributed by atoms with E-state index in [1.807, 2.05) is 29.2 Å². The number of hydrogen-bond donors (Lipinski definition) is 1. The SMILES string of the molecule is CC(=O)N1CCN(c2nc(OCCC(=O)N(C)C)nc3c(F)c([C@H]4CC(O)Cc5ccccc54)c(Cl)cc23)CC1. The second-order valence-corrected chi connectivity index (χ2v) is 10.9. The van der Waals surface area contributed by atoms with Gasteiger partial charge in [0.15, 0.2) is 5.82 Å². The fraction of sp³-hybridized carbons (Fsp3) is 0.448. The van der Waals surface area contributed by atoms with Crippen LogP contribution in [0.5, 0.6) is 6.01 Å². The van der Waals surface area contributed by atoms with Crippen LogP contribution in [0.15, 0.2) is 30.3 Å². The first-order valence-corrected chi connectivity index (χ1v) is 13.8. The molecule has 5 rings (SSSR count). The molecule has 1 saturated heterocycles. The smallest absolute Gasteiger partial charge is 0.319 e. The van der Waals surface area contributed by atoms with Crippen molar-refractivity contribution in [2.24, 2.45) is 0 Å². The number of aliphatic hydroxyl groups is 1. The third-order valence-electron chi connectivity index (χ3n) is 7.69. The number of amides is 2. The van der Waals surface area contributed by atoms with E-state index in [2.05, 4.69) is 9.97 Å². The van der Waals surface area contributed by atoms with Gasteiger partial charge in [0.1, 0.15) is 17.9 Å². The number of rotatable bonds is 6. The zero-order chi connectivity index (χ0) is 28.6.